The molecule has 0 aromatic heterocycles. The summed E-state index contributed by atoms with van der Waals surface area (Å²) >= 11 is 0. The summed E-state index contributed by atoms with van der Waals surface area (Å²) in [5, 5.41) is 0. The quantitative estimate of drug-likeness (QED) is 0.399. The van der Waals surface area contributed by atoms with E-state index < -0.39 is 0 Å². The van der Waals surface area contributed by atoms with Gasteiger partial charge in [-0.2, -0.15) is 19.8 Å². The van der Waals surface area contributed by atoms with Gasteiger partial charge in [0, 0.05) is 0 Å². The third-order valence-electron chi connectivity index (χ3n) is 2.24. The van der Waals surface area contributed by atoms with Crippen molar-refractivity contribution >= 4 is 23.1 Å². The van der Waals surface area contributed by atoms with Gasteiger partial charge in [-0.3, -0.25) is 0 Å². The van der Waals surface area contributed by atoms with Crippen molar-refractivity contribution in [2.24, 2.45) is 5.41 Å². The van der Waals surface area contributed by atoms with Gasteiger partial charge >= 0.3 is 23.1 Å². The summed E-state index contributed by atoms with van der Waals surface area (Å²) in [5.74, 6) is 1.70. The molecule has 0 heterocycles. The van der Waals surface area contributed by atoms with Gasteiger partial charge in [-0.15, -0.1) is 0 Å². The van der Waals surface area contributed by atoms with Gasteiger partial charge in [0.15, 0.2) is 0 Å². The van der Waals surface area contributed by atoms with Gasteiger partial charge in [-0.05, 0) is 0 Å². The smallest absolute Gasteiger partial charge is 1.00 e. The van der Waals surface area contributed by atoms with Crippen molar-refractivity contribution in [2.45, 2.75) is 46.5 Å². The molecule has 62 valence electrons. The Bertz CT molecular complexity index is 102. The van der Waals surface area contributed by atoms with E-state index in [0.717, 1.165) is 0 Å². The second-order valence-corrected chi connectivity index (χ2v) is 4.15. The molecule has 1 saturated carbocycles. The third kappa shape index (κ3) is 5.48. The molecular weight excluding hydrogens is 212 g/mol. The van der Waals surface area contributed by atoms with E-state index in [0.29, 0.717) is 5.41 Å². The second kappa shape index (κ2) is 5.82. The molecule has 0 aromatic carbocycles. The Morgan fingerprint density at radius 1 is 1.27 bits per heavy atom. The number of hydrogen-bond acceptors (Lipinski definition) is 0. The Kier molecular flexibility index (Phi) is 7.80. The SMILES string of the molecule is C[C-]1CCCC(C)(C)C1.[Br-].[Mg+2]. The monoisotopic (exact) mass is 228 g/mol. The zero-order valence-electron chi connectivity index (χ0n) is 7.91. The van der Waals surface area contributed by atoms with Crippen molar-refractivity contribution in [1.29, 1.82) is 0 Å². The second-order valence-electron chi connectivity index (χ2n) is 4.15. The first-order valence-corrected chi connectivity index (χ1v) is 3.91. The first-order chi connectivity index (χ1) is 4.10. The van der Waals surface area contributed by atoms with Crippen LogP contribution in [0.5, 0.6) is 0 Å². The van der Waals surface area contributed by atoms with Crippen LogP contribution in [0.4, 0.5) is 0 Å². The van der Waals surface area contributed by atoms with E-state index in [1.165, 1.54) is 25.7 Å². The molecule has 0 aliphatic heterocycles. The van der Waals surface area contributed by atoms with Gasteiger partial charge in [0.05, 0.1) is 0 Å². The van der Waals surface area contributed by atoms with Crippen LogP contribution in [0.15, 0.2) is 0 Å². The fourth-order valence-electron chi connectivity index (χ4n) is 1.86. The van der Waals surface area contributed by atoms with Crippen LogP contribution in [0.3, 0.4) is 0 Å². The van der Waals surface area contributed by atoms with Crippen LogP contribution in [0.25, 0.3) is 0 Å². The van der Waals surface area contributed by atoms with Gasteiger partial charge in [-0.1, -0.05) is 32.1 Å². The first kappa shape index (κ1) is 14.8. The molecule has 1 aliphatic rings. The fourth-order valence-corrected chi connectivity index (χ4v) is 1.86. The van der Waals surface area contributed by atoms with Gasteiger partial charge < -0.3 is 22.9 Å². The van der Waals surface area contributed by atoms with E-state index in [4.69, 9.17) is 0 Å². The van der Waals surface area contributed by atoms with Crippen molar-refractivity contribution in [3.05, 3.63) is 5.92 Å². The third-order valence-corrected chi connectivity index (χ3v) is 2.24. The van der Waals surface area contributed by atoms with Crippen LogP contribution in [-0.2, 0) is 0 Å². The zero-order chi connectivity index (χ0) is 6.91. The molecule has 2 heteroatoms. The molecule has 1 aliphatic carbocycles. The summed E-state index contributed by atoms with van der Waals surface area (Å²) < 4.78 is 0. The first-order valence-electron chi connectivity index (χ1n) is 3.91. The van der Waals surface area contributed by atoms with E-state index in [1.807, 2.05) is 0 Å². The summed E-state index contributed by atoms with van der Waals surface area (Å²) in [6.07, 6.45) is 5.57. The molecule has 1 fully saturated rings. The van der Waals surface area contributed by atoms with Crippen molar-refractivity contribution in [1.82, 2.24) is 0 Å². The van der Waals surface area contributed by atoms with Crippen molar-refractivity contribution in [3.8, 4) is 0 Å². The molecule has 0 unspecified atom stereocenters. The molecule has 11 heavy (non-hydrogen) atoms. The van der Waals surface area contributed by atoms with Crippen molar-refractivity contribution in [2.75, 3.05) is 0 Å². The van der Waals surface area contributed by atoms with E-state index in [1.54, 1.807) is 5.92 Å². The Balaban J connectivity index is 0. The Labute approximate surface area is 97.4 Å². The van der Waals surface area contributed by atoms with Crippen molar-refractivity contribution < 1.29 is 17.0 Å². The van der Waals surface area contributed by atoms with E-state index in [-0.39, 0.29) is 40.0 Å². The topological polar surface area (TPSA) is 0 Å². The molecule has 0 bridgehead atoms. The molecule has 0 saturated heterocycles. The summed E-state index contributed by atoms with van der Waals surface area (Å²) in [6, 6.07) is 0. The minimum Gasteiger partial charge on any atom is -1.00 e. The molecule has 0 spiro atoms. The van der Waals surface area contributed by atoms with Crippen LogP contribution >= 0.6 is 0 Å². The minimum absolute atomic E-state index is 0. The van der Waals surface area contributed by atoms with Gasteiger partial charge in [0.1, 0.15) is 0 Å². The Morgan fingerprint density at radius 3 is 2.09 bits per heavy atom. The maximum Gasteiger partial charge on any atom is 2.00 e. The molecule has 1 rings (SSSR count). The van der Waals surface area contributed by atoms with E-state index in [2.05, 4.69) is 20.8 Å². The Morgan fingerprint density at radius 2 is 1.82 bits per heavy atom. The summed E-state index contributed by atoms with van der Waals surface area (Å²) in [5.41, 5.74) is 0.613. The maximum absolute atomic E-state index is 2.37. The van der Waals surface area contributed by atoms with Crippen LogP contribution in [-0.4, -0.2) is 23.1 Å². The summed E-state index contributed by atoms with van der Waals surface area (Å²) in [7, 11) is 0. The molecule has 0 nitrogen and oxygen atoms in total. The van der Waals surface area contributed by atoms with Crippen LogP contribution in [0.1, 0.15) is 46.5 Å². The van der Waals surface area contributed by atoms with Crippen LogP contribution in [0, 0.1) is 11.3 Å². The maximum atomic E-state index is 2.37. The molecular formula is C9H17BrMg. The zero-order valence-corrected chi connectivity index (χ0v) is 10.9. The predicted octanol–water partition coefficient (Wildman–Crippen LogP) is -0.196. The predicted molar refractivity (Wildman–Crippen MR) is 46.9 cm³/mol. The van der Waals surface area contributed by atoms with Gasteiger partial charge in [0.25, 0.3) is 0 Å². The standard InChI is InChI=1S/C9H17.BrH.Mg/c1-8-5-4-6-9(2,3)7-8;;/h4-7H2,1-3H3;1H;/q-1;;+2/p-1. The van der Waals surface area contributed by atoms with E-state index in [9.17, 15) is 0 Å². The Hall–Kier alpha value is 1.25. The normalized spacial score (nSPS) is 23.2. The largest absolute Gasteiger partial charge is 2.00 e. The molecule has 0 aromatic rings. The molecule has 0 amide bonds. The molecule has 0 radical (unpaired) electrons. The van der Waals surface area contributed by atoms with Gasteiger partial charge in [-0.25, -0.2) is 0 Å². The average molecular weight is 229 g/mol. The van der Waals surface area contributed by atoms with Crippen molar-refractivity contribution in [3.63, 3.8) is 0 Å². The van der Waals surface area contributed by atoms with E-state index >= 15 is 0 Å². The van der Waals surface area contributed by atoms with Crippen LogP contribution in [0.2, 0.25) is 0 Å². The summed E-state index contributed by atoms with van der Waals surface area (Å²) in [6.45, 7) is 7.03. The molecule has 0 atom stereocenters. The summed E-state index contributed by atoms with van der Waals surface area (Å²) in [4.78, 5) is 0. The average Bonchev–Trinajstić information content (AvgIpc) is 1.60. The molecule has 0 N–H and O–H groups in total. The number of halogens is 1. The number of rotatable bonds is 0. The van der Waals surface area contributed by atoms with Crippen LogP contribution < -0.4 is 17.0 Å². The van der Waals surface area contributed by atoms with Gasteiger partial charge in [0.2, 0.25) is 0 Å². The number of hydrogen-bond donors (Lipinski definition) is 0. The fraction of sp³-hybridized carbons (Fsp3) is 0.889. The minimum atomic E-state index is 0.